The zero-order valence-electron chi connectivity index (χ0n) is 11.0. The van der Waals surface area contributed by atoms with Crippen LogP contribution in [0.3, 0.4) is 0 Å². The predicted octanol–water partition coefficient (Wildman–Crippen LogP) is -5.89. The van der Waals surface area contributed by atoms with Crippen LogP contribution in [0.25, 0.3) is 0 Å². The van der Waals surface area contributed by atoms with Crippen molar-refractivity contribution in [1.29, 1.82) is 0 Å². The first-order valence-corrected chi connectivity index (χ1v) is 3.96. The van der Waals surface area contributed by atoms with Crippen LogP contribution in [0.15, 0.2) is 12.7 Å². The van der Waals surface area contributed by atoms with Gasteiger partial charge in [0.15, 0.2) is 0 Å². The fourth-order valence-electron chi connectivity index (χ4n) is 0.324. The van der Waals surface area contributed by atoms with Crippen molar-refractivity contribution in [2.24, 2.45) is 11.5 Å². The minimum absolute atomic E-state index is 0. The van der Waals surface area contributed by atoms with E-state index in [0.717, 1.165) is 6.08 Å². The van der Waals surface area contributed by atoms with E-state index in [0.29, 0.717) is 0 Å². The summed E-state index contributed by atoms with van der Waals surface area (Å²) in [6.45, 7) is 3.21. The number of carbonyl (C=O) groups is 2. The zero-order chi connectivity index (χ0) is 11.7. The van der Waals surface area contributed by atoms with Gasteiger partial charge < -0.3 is 24.2 Å². The molecule has 16 heavy (non-hydrogen) atoms. The van der Waals surface area contributed by atoms with Crippen molar-refractivity contribution in [3.63, 3.8) is 0 Å². The van der Waals surface area contributed by atoms with E-state index in [1.54, 1.807) is 0 Å². The summed E-state index contributed by atoms with van der Waals surface area (Å²) in [6.07, 6.45) is -0.0425. The van der Waals surface area contributed by atoms with Crippen molar-refractivity contribution in [2.45, 2.75) is 6.10 Å². The van der Waals surface area contributed by atoms with E-state index < -0.39 is 17.3 Å². The maximum absolute atomic E-state index is 10.2. The molecule has 10 heteroatoms. The quantitative estimate of drug-likeness (QED) is 0.178. The SMILES string of the molecule is C=CC(OC(N)=S)C(=O)O.NC(=O)S.[H-].[H-].[Na+].[Na+]. The number of ether oxygens (including phenoxy) is 1. The Morgan fingerprint density at radius 2 is 1.81 bits per heavy atom. The molecule has 1 unspecified atom stereocenters. The number of nitrogens with two attached hydrogens (primary N) is 2. The van der Waals surface area contributed by atoms with Crippen molar-refractivity contribution < 1.29 is 81.4 Å². The second-order valence-electron chi connectivity index (χ2n) is 1.77. The number of rotatable bonds is 3. The number of carboxylic acid groups (broad SMARTS) is 1. The number of hydrogen-bond acceptors (Lipinski definition) is 4. The van der Waals surface area contributed by atoms with Crippen LogP contribution in [-0.2, 0) is 9.53 Å². The molecule has 0 aromatic heterocycles. The van der Waals surface area contributed by atoms with Crippen LogP contribution >= 0.6 is 24.8 Å². The smallest absolute Gasteiger partial charge is 1.00 e. The predicted molar refractivity (Wildman–Crippen MR) is 60.3 cm³/mol. The van der Waals surface area contributed by atoms with Crippen molar-refractivity contribution in [2.75, 3.05) is 0 Å². The minimum Gasteiger partial charge on any atom is -1.00 e. The minimum atomic E-state index is -1.16. The van der Waals surface area contributed by atoms with E-state index in [1.165, 1.54) is 0 Å². The molecule has 1 amide bonds. The third-order valence-electron chi connectivity index (χ3n) is 0.701. The van der Waals surface area contributed by atoms with Gasteiger partial charge in [-0.25, -0.2) is 4.79 Å². The molecule has 0 rings (SSSR count). The van der Waals surface area contributed by atoms with Crippen LogP contribution in [0, 0.1) is 0 Å². The Hall–Kier alpha value is 0.720. The number of primary amides is 1. The summed E-state index contributed by atoms with van der Waals surface area (Å²) in [5.41, 5.74) is 9.24. The van der Waals surface area contributed by atoms with E-state index in [1.807, 2.05) is 0 Å². The van der Waals surface area contributed by atoms with Gasteiger partial charge in [0.1, 0.15) is 0 Å². The second-order valence-corrected chi connectivity index (χ2v) is 2.61. The summed E-state index contributed by atoms with van der Waals surface area (Å²) in [4.78, 5) is 19.2. The van der Waals surface area contributed by atoms with Gasteiger partial charge in [-0.05, 0) is 18.3 Å². The molecular weight excluding hydrogens is 274 g/mol. The molecule has 0 aliphatic carbocycles. The molecular formula is C6H12N2Na2O4S2. The first-order chi connectivity index (χ1) is 6.31. The van der Waals surface area contributed by atoms with E-state index in [-0.39, 0.29) is 67.1 Å². The Labute approximate surface area is 151 Å². The first kappa shape index (κ1) is 25.5. The molecule has 0 saturated heterocycles. The van der Waals surface area contributed by atoms with Gasteiger partial charge in [-0.15, -0.1) is 0 Å². The third kappa shape index (κ3) is 24.1. The molecule has 0 aromatic rings. The van der Waals surface area contributed by atoms with E-state index in [2.05, 4.69) is 41.9 Å². The molecule has 0 aliphatic heterocycles. The Balaban J connectivity index is -0.0000000402. The van der Waals surface area contributed by atoms with Crippen LogP contribution in [0.1, 0.15) is 2.85 Å². The molecule has 0 heterocycles. The van der Waals surface area contributed by atoms with Gasteiger partial charge in [-0.3, -0.25) is 4.79 Å². The number of thiol groups is 1. The van der Waals surface area contributed by atoms with Gasteiger partial charge >= 0.3 is 65.1 Å². The van der Waals surface area contributed by atoms with Crippen LogP contribution in [-0.4, -0.2) is 27.6 Å². The van der Waals surface area contributed by atoms with Crippen LogP contribution in [0.5, 0.6) is 0 Å². The topological polar surface area (TPSA) is 116 Å². The maximum atomic E-state index is 10.2. The van der Waals surface area contributed by atoms with Gasteiger partial charge in [-0.1, -0.05) is 19.2 Å². The van der Waals surface area contributed by atoms with Crippen molar-refractivity contribution in [3.8, 4) is 0 Å². The molecule has 0 spiro atoms. The number of carboxylic acids is 1. The van der Waals surface area contributed by atoms with Crippen LogP contribution < -0.4 is 70.6 Å². The molecule has 84 valence electrons. The van der Waals surface area contributed by atoms with Crippen molar-refractivity contribution in [3.05, 3.63) is 12.7 Å². The van der Waals surface area contributed by atoms with Gasteiger partial charge in [-0.2, -0.15) is 0 Å². The van der Waals surface area contributed by atoms with Gasteiger partial charge in [0.05, 0.1) is 0 Å². The first-order valence-electron chi connectivity index (χ1n) is 3.11. The summed E-state index contributed by atoms with van der Waals surface area (Å²) >= 11 is 7.41. The molecule has 0 saturated carbocycles. The summed E-state index contributed by atoms with van der Waals surface area (Å²) < 4.78 is 4.45. The average Bonchev–Trinajstić information content (AvgIpc) is 1.98. The standard InChI is InChI=1S/C5H7NO3S.CH3NOS.2Na.2H/c1-2-3(4(7)8)9-5(6)10;2-1(3)4;;;;/h2-3H,1H2,(H2,6,10)(H,7,8);(H3,2,3,4);;;;/q;;2*+1;2*-1. The summed E-state index contributed by atoms with van der Waals surface area (Å²) in [6, 6.07) is 0. The van der Waals surface area contributed by atoms with Crippen molar-refractivity contribution in [1.82, 2.24) is 0 Å². The largest absolute Gasteiger partial charge is 1.00 e. The number of amides is 1. The van der Waals surface area contributed by atoms with E-state index >= 15 is 0 Å². The van der Waals surface area contributed by atoms with Crippen LogP contribution in [0.4, 0.5) is 4.79 Å². The molecule has 0 bridgehead atoms. The monoisotopic (exact) mass is 286 g/mol. The molecule has 1 atom stereocenters. The molecule has 0 aliphatic rings. The third-order valence-corrected chi connectivity index (χ3v) is 0.797. The Kier molecular flexibility index (Phi) is 25.1. The van der Waals surface area contributed by atoms with Gasteiger partial charge in [0, 0.05) is 0 Å². The summed E-state index contributed by atoms with van der Waals surface area (Å²) in [5, 5.41) is 7.37. The van der Waals surface area contributed by atoms with E-state index in [9.17, 15) is 4.79 Å². The van der Waals surface area contributed by atoms with Gasteiger partial charge in [0.2, 0.25) is 6.10 Å². The Bertz CT molecular complexity index is 258. The normalized spacial score (nSPS) is 8.81. The van der Waals surface area contributed by atoms with Crippen molar-refractivity contribution >= 4 is 41.2 Å². The Morgan fingerprint density at radius 1 is 1.50 bits per heavy atom. The average molecular weight is 286 g/mol. The molecule has 5 N–H and O–H groups in total. The summed E-state index contributed by atoms with van der Waals surface area (Å²) in [5.74, 6) is -1.16. The molecule has 0 fully saturated rings. The number of carbonyl (C=O) groups excluding carboxylic acids is 1. The van der Waals surface area contributed by atoms with Gasteiger partial charge in [0.25, 0.3) is 10.4 Å². The number of hydrogen-bond donors (Lipinski definition) is 4. The van der Waals surface area contributed by atoms with Crippen LogP contribution in [0.2, 0.25) is 0 Å². The summed E-state index contributed by atoms with van der Waals surface area (Å²) in [7, 11) is 0. The second kappa shape index (κ2) is 15.7. The Morgan fingerprint density at radius 3 is 1.88 bits per heavy atom. The molecule has 6 nitrogen and oxygen atoms in total. The number of aliphatic carboxylic acids is 1. The van der Waals surface area contributed by atoms with E-state index in [4.69, 9.17) is 15.6 Å². The zero-order valence-corrected chi connectivity index (χ0v) is 14.8. The molecule has 0 aromatic carbocycles. The molecule has 0 radical (unpaired) electrons. The number of thiocarbonyl (C=S) groups is 1. The maximum Gasteiger partial charge on any atom is 1.00 e. The fraction of sp³-hybridized carbons (Fsp3) is 0.167. The fourth-order valence-corrected chi connectivity index (χ4v) is 0.428.